The molecule has 4 aromatic rings. The molecule has 4 amide bonds. The van der Waals surface area contributed by atoms with Crippen LogP contribution in [0.1, 0.15) is 29.0 Å². The van der Waals surface area contributed by atoms with Crippen LogP contribution in [0.15, 0.2) is 52.3 Å². The van der Waals surface area contributed by atoms with Gasteiger partial charge in [0.05, 0.1) is 16.8 Å². The van der Waals surface area contributed by atoms with Crippen LogP contribution in [0.3, 0.4) is 0 Å². The fourth-order valence-electron chi connectivity index (χ4n) is 4.64. The number of hydrogen-bond donors (Lipinski definition) is 2. The van der Waals surface area contributed by atoms with Crippen molar-refractivity contribution in [2.75, 3.05) is 6.54 Å². The van der Waals surface area contributed by atoms with E-state index in [9.17, 15) is 14.4 Å². The number of fused-ring (bicyclic) bond motifs is 3. The summed E-state index contributed by atoms with van der Waals surface area (Å²) in [5.74, 6) is 0.403. The van der Waals surface area contributed by atoms with Crippen LogP contribution in [-0.2, 0) is 28.1 Å². The van der Waals surface area contributed by atoms with E-state index in [1.54, 1.807) is 17.4 Å². The zero-order valence-corrected chi connectivity index (χ0v) is 19.6. The molecule has 1 aliphatic heterocycles. The highest BCUT2D eigenvalue weighted by Crippen LogP contribution is 2.42. The van der Waals surface area contributed by atoms with Crippen LogP contribution in [-0.4, -0.2) is 34.3 Å². The predicted molar refractivity (Wildman–Crippen MR) is 128 cm³/mol. The molecule has 1 aliphatic carbocycles. The number of aryl methyl sites for hydroxylation is 1. The van der Waals surface area contributed by atoms with Crippen molar-refractivity contribution in [1.82, 2.24) is 20.5 Å². The number of thiazole rings is 1. The third-order valence-electron chi connectivity index (χ3n) is 6.26. The molecule has 0 radical (unpaired) electrons. The number of urea groups is 1. The minimum absolute atomic E-state index is 0.146. The van der Waals surface area contributed by atoms with Gasteiger partial charge in [-0.05, 0) is 55.0 Å². The molecule has 8 nitrogen and oxygen atoms in total. The van der Waals surface area contributed by atoms with Crippen LogP contribution < -0.4 is 10.6 Å². The number of hydrogen-bond acceptors (Lipinski definition) is 7. The van der Waals surface area contributed by atoms with Gasteiger partial charge in [-0.2, -0.15) is 0 Å². The zero-order valence-electron chi connectivity index (χ0n) is 18.0. The Hall–Kier alpha value is -3.50. The minimum Gasteiger partial charge on any atom is -0.457 e. The summed E-state index contributed by atoms with van der Waals surface area (Å²) in [4.78, 5) is 45.2. The summed E-state index contributed by atoms with van der Waals surface area (Å²) in [6.45, 7) is -0.190. The maximum absolute atomic E-state index is 13.2. The Labute approximate surface area is 202 Å². The number of carbonyl (C=O) groups is 3. The van der Waals surface area contributed by atoms with E-state index in [1.165, 1.54) is 11.3 Å². The number of nitrogens with one attached hydrogen (secondary N) is 2. The Balaban J connectivity index is 1.11. The molecule has 3 aromatic heterocycles. The molecule has 1 aromatic carbocycles. The number of imide groups is 1. The third kappa shape index (κ3) is 3.41. The van der Waals surface area contributed by atoms with Crippen LogP contribution in [0.5, 0.6) is 0 Å². The van der Waals surface area contributed by atoms with Crippen LogP contribution >= 0.6 is 22.7 Å². The first-order chi connectivity index (χ1) is 16.5. The first-order valence-electron chi connectivity index (χ1n) is 11.0. The highest BCUT2D eigenvalue weighted by Gasteiger charge is 2.54. The lowest BCUT2D eigenvalue weighted by molar-refractivity contribution is -0.135. The summed E-state index contributed by atoms with van der Waals surface area (Å²) < 4.78 is 6.93. The predicted octanol–water partition coefficient (Wildman–Crippen LogP) is 4.02. The van der Waals surface area contributed by atoms with Crippen LogP contribution in [0.4, 0.5) is 4.79 Å². The van der Waals surface area contributed by atoms with Gasteiger partial charge in [-0.25, -0.2) is 9.78 Å². The van der Waals surface area contributed by atoms with Gasteiger partial charge < -0.3 is 15.1 Å². The molecular weight excluding hydrogens is 472 g/mol. The molecule has 6 rings (SSSR count). The van der Waals surface area contributed by atoms with Gasteiger partial charge in [0, 0.05) is 10.4 Å². The van der Waals surface area contributed by atoms with Crippen molar-refractivity contribution < 1.29 is 18.8 Å². The number of furan rings is 1. The quantitative estimate of drug-likeness (QED) is 0.410. The molecule has 1 atom stereocenters. The van der Waals surface area contributed by atoms with Crippen molar-refractivity contribution >= 4 is 50.7 Å². The molecule has 34 heavy (non-hydrogen) atoms. The topological polar surface area (TPSA) is 105 Å². The van der Waals surface area contributed by atoms with Crippen molar-refractivity contribution in [1.29, 1.82) is 0 Å². The smallest absolute Gasteiger partial charge is 0.325 e. The fraction of sp³-hybridized carbons (Fsp3) is 0.250. The van der Waals surface area contributed by atoms with Crippen LogP contribution in [0.2, 0.25) is 0 Å². The van der Waals surface area contributed by atoms with E-state index < -0.39 is 17.5 Å². The molecule has 2 N–H and O–H groups in total. The number of rotatable bonds is 5. The highest BCUT2D eigenvalue weighted by molar-refractivity contribution is 7.21. The first-order valence-corrected chi connectivity index (χ1v) is 12.7. The number of amides is 4. The number of nitrogens with zero attached hydrogens (tertiary/aromatic N) is 2. The molecule has 0 bridgehead atoms. The maximum Gasteiger partial charge on any atom is 0.325 e. The van der Waals surface area contributed by atoms with E-state index in [4.69, 9.17) is 4.42 Å². The van der Waals surface area contributed by atoms with Crippen molar-refractivity contribution in [3.05, 3.63) is 64.0 Å². The number of thiophene rings is 1. The molecule has 172 valence electrons. The van der Waals surface area contributed by atoms with Gasteiger partial charge in [0.2, 0.25) is 5.91 Å². The Morgan fingerprint density at radius 2 is 2.09 bits per heavy atom. The Kier molecular flexibility index (Phi) is 5.00. The molecule has 2 aliphatic rings. The average molecular weight is 493 g/mol. The van der Waals surface area contributed by atoms with Crippen molar-refractivity contribution in [2.45, 2.75) is 31.3 Å². The molecule has 4 heterocycles. The third-order valence-corrected chi connectivity index (χ3v) is 8.30. The molecule has 1 fully saturated rings. The van der Waals surface area contributed by atoms with E-state index in [2.05, 4.69) is 15.6 Å². The molecule has 0 saturated carbocycles. The van der Waals surface area contributed by atoms with Crippen LogP contribution in [0, 0.1) is 0 Å². The normalized spacial score (nSPS) is 19.6. The van der Waals surface area contributed by atoms with E-state index in [0.717, 1.165) is 43.4 Å². The fourth-order valence-corrected chi connectivity index (χ4v) is 6.56. The lowest BCUT2D eigenvalue weighted by atomic mass is 9.80. The van der Waals surface area contributed by atoms with E-state index in [1.807, 2.05) is 41.8 Å². The molecule has 1 unspecified atom stereocenters. The lowest BCUT2D eigenvalue weighted by Gasteiger charge is -2.31. The average Bonchev–Trinajstić information content (AvgIpc) is 3.61. The molecule has 1 spiro atoms. The van der Waals surface area contributed by atoms with Crippen LogP contribution in [0.25, 0.3) is 21.0 Å². The SMILES string of the molecule is O=C(CN1C(=O)NC2(CCCc3sccc32)C1=O)NCc1ccc(-c2nc3ccccc3s2)o1. The number of aromatic nitrogens is 1. The standard InChI is InChI=1S/C24H20N4O4S2/c29-20(13-28-22(30)24(27-23(28)31)10-3-6-18-15(24)9-11-33-18)25-12-14-7-8-17(32-14)21-26-16-4-1-2-5-19(16)34-21/h1-2,4-5,7-9,11H,3,6,10,12-13H2,(H,25,29)(H,27,31). The van der Waals surface area contributed by atoms with Crippen molar-refractivity contribution in [2.24, 2.45) is 0 Å². The van der Waals surface area contributed by atoms with Gasteiger partial charge in [0.1, 0.15) is 17.8 Å². The summed E-state index contributed by atoms with van der Waals surface area (Å²) in [6, 6.07) is 12.8. The lowest BCUT2D eigenvalue weighted by Crippen LogP contribution is -2.46. The second-order valence-corrected chi connectivity index (χ2v) is 10.4. The maximum atomic E-state index is 13.2. The summed E-state index contributed by atoms with van der Waals surface area (Å²) in [5, 5.41) is 8.32. The van der Waals surface area contributed by atoms with Gasteiger partial charge in [0.25, 0.3) is 5.91 Å². The van der Waals surface area contributed by atoms with E-state index in [0.29, 0.717) is 17.9 Å². The van der Waals surface area contributed by atoms with Gasteiger partial charge in [-0.1, -0.05) is 12.1 Å². The number of para-hydroxylation sites is 1. The molecule has 1 saturated heterocycles. The van der Waals surface area contributed by atoms with E-state index >= 15 is 0 Å². The summed E-state index contributed by atoms with van der Waals surface area (Å²) in [5.41, 5.74) is 0.730. The highest BCUT2D eigenvalue weighted by atomic mass is 32.1. The van der Waals surface area contributed by atoms with Gasteiger partial charge in [0.15, 0.2) is 10.8 Å². The number of carbonyl (C=O) groups excluding carboxylic acids is 3. The monoisotopic (exact) mass is 492 g/mol. The van der Waals surface area contributed by atoms with Gasteiger partial charge >= 0.3 is 6.03 Å². The van der Waals surface area contributed by atoms with Gasteiger partial charge in [-0.15, -0.1) is 22.7 Å². The second-order valence-electron chi connectivity index (χ2n) is 8.37. The Bertz CT molecular complexity index is 1400. The van der Waals surface area contributed by atoms with Crippen molar-refractivity contribution in [3.8, 4) is 10.8 Å². The zero-order chi connectivity index (χ0) is 23.3. The summed E-state index contributed by atoms with van der Waals surface area (Å²) in [6.07, 6.45) is 2.26. The number of benzene rings is 1. The largest absolute Gasteiger partial charge is 0.457 e. The van der Waals surface area contributed by atoms with E-state index in [-0.39, 0.29) is 19.0 Å². The Morgan fingerprint density at radius 3 is 2.97 bits per heavy atom. The minimum atomic E-state index is -1.04. The Morgan fingerprint density at radius 1 is 1.21 bits per heavy atom. The van der Waals surface area contributed by atoms with Crippen molar-refractivity contribution in [3.63, 3.8) is 0 Å². The van der Waals surface area contributed by atoms with Gasteiger partial charge in [-0.3, -0.25) is 14.5 Å². The first kappa shape index (κ1) is 21.1. The molecular formula is C24H20N4O4S2. The second kappa shape index (κ2) is 8.07. The summed E-state index contributed by atoms with van der Waals surface area (Å²) >= 11 is 3.13. The summed E-state index contributed by atoms with van der Waals surface area (Å²) in [7, 11) is 0. The molecule has 10 heteroatoms.